The minimum absolute atomic E-state index is 0.184. The lowest BCUT2D eigenvalue weighted by molar-refractivity contribution is -0.135. The standard InChI is InChI=1S/C14H21N3OS/c15-12-4-3-11(10-12)14(18)17-7-5-16(6-8-17)13-2-1-9-19-13/h1-2,9,11-12H,3-8,10,15H2. The molecular formula is C14H21N3OS. The SMILES string of the molecule is NC1CCC(C(=O)N2CCN(c3cccs3)CC2)C1. The van der Waals surface area contributed by atoms with Gasteiger partial charge in [-0.05, 0) is 36.8 Å². The highest BCUT2D eigenvalue weighted by Crippen LogP contribution is 2.27. The first-order valence-corrected chi connectivity index (χ1v) is 7.95. The van der Waals surface area contributed by atoms with E-state index in [-0.39, 0.29) is 12.0 Å². The molecule has 19 heavy (non-hydrogen) atoms. The maximum atomic E-state index is 12.4. The van der Waals surface area contributed by atoms with Crippen LogP contribution in [0.2, 0.25) is 0 Å². The number of thiophene rings is 1. The number of piperazine rings is 1. The van der Waals surface area contributed by atoms with Crippen LogP contribution >= 0.6 is 11.3 Å². The van der Waals surface area contributed by atoms with Gasteiger partial charge in [-0.2, -0.15) is 0 Å². The van der Waals surface area contributed by atoms with Gasteiger partial charge in [-0.1, -0.05) is 0 Å². The monoisotopic (exact) mass is 279 g/mol. The Morgan fingerprint density at radius 3 is 2.63 bits per heavy atom. The van der Waals surface area contributed by atoms with Gasteiger partial charge in [0.05, 0.1) is 5.00 Å². The maximum absolute atomic E-state index is 12.4. The summed E-state index contributed by atoms with van der Waals surface area (Å²) in [6.07, 6.45) is 2.86. The third kappa shape index (κ3) is 2.77. The van der Waals surface area contributed by atoms with Gasteiger partial charge in [0.2, 0.25) is 5.91 Å². The molecule has 1 saturated carbocycles. The molecule has 0 spiro atoms. The van der Waals surface area contributed by atoms with Crippen molar-refractivity contribution in [2.45, 2.75) is 25.3 Å². The zero-order chi connectivity index (χ0) is 13.2. The molecule has 104 valence electrons. The smallest absolute Gasteiger partial charge is 0.225 e. The highest BCUT2D eigenvalue weighted by molar-refractivity contribution is 7.14. The highest BCUT2D eigenvalue weighted by Gasteiger charge is 2.32. The van der Waals surface area contributed by atoms with Crippen molar-refractivity contribution >= 4 is 22.2 Å². The molecule has 2 N–H and O–H groups in total. The van der Waals surface area contributed by atoms with E-state index in [2.05, 4.69) is 22.4 Å². The second-order valence-electron chi connectivity index (χ2n) is 5.53. The van der Waals surface area contributed by atoms with Crippen LogP contribution in [0, 0.1) is 5.92 Å². The number of hydrogen-bond donors (Lipinski definition) is 1. The first kappa shape index (κ1) is 12.9. The molecule has 1 saturated heterocycles. The topological polar surface area (TPSA) is 49.6 Å². The molecule has 1 aliphatic carbocycles. The van der Waals surface area contributed by atoms with E-state index in [4.69, 9.17) is 5.73 Å². The quantitative estimate of drug-likeness (QED) is 0.893. The number of anilines is 1. The van der Waals surface area contributed by atoms with Crippen LogP contribution in [0.15, 0.2) is 17.5 Å². The molecule has 0 aromatic carbocycles. The molecule has 1 amide bonds. The number of nitrogens with two attached hydrogens (primary N) is 1. The Balaban J connectivity index is 1.54. The molecule has 2 aliphatic rings. The van der Waals surface area contributed by atoms with E-state index in [0.29, 0.717) is 5.91 Å². The predicted molar refractivity (Wildman–Crippen MR) is 78.4 cm³/mol. The Hall–Kier alpha value is -1.07. The third-order valence-electron chi connectivity index (χ3n) is 4.23. The minimum Gasteiger partial charge on any atom is -0.360 e. The van der Waals surface area contributed by atoms with Crippen LogP contribution in [-0.4, -0.2) is 43.0 Å². The van der Waals surface area contributed by atoms with Crippen LogP contribution in [-0.2, 0) is 4.79 Å². The zero-order valence-electron chi connectivity index (χ0n) is 11.1. The lowest BCUT2D eigenvalue weighted by atomic mass is 10.1. The van der Waals surface area contributed by atoms with Gasteiger partial charge in [0, 0.05) is 38.1 Å². The van der Waals surface area contributed by atoms with Crippen LogP contribution < -0.4 is 10.6 Å². The van der Waals surface area contributed by atoms with Crippen LogP contribution in [0.4, 0.5) is 5.00 Å². The predicted octanol–water partition coefficient (Wildman–Crippen LogP) is 1.52. The summed E-state index contributed by atoms with van der Waals surface area (Å²) in [5, 5.41) is 3.42. The Morgan fingerprint density at radius 2 is 2.05 bits per heavy atom. The van der Waals surface area contributed by atoms with Crippen LogP contribution in [0.25, 0.3) is 0 Å². The lowest BCUT2D eigenvalue weighted by Crippen LogP contribution is -2.50. The van der Waals surface area contributed by atoms with Crippen molar-refractivity contribution < 1.29 is 4.79 Å². The molecule has 1 aliphatic heterocycles. The maximum Gasteiger partial charge on any atom is 0.225 e. The summed E-state index contributed by atoms with van der Waals surface area (Å²) in [4.78, 5) is 16.8. The molecule has 1 aromatic heterocycles. The summed E-state index contributed by atoms with van der Waals surface area (Å²) in [7, 11) is 0. The summed E-state index contributed by atoms with van der Waals surface area (Å²) in [6.45, 7) is 3.60. The van der Waals surface area contributed by atoms with E-state index in [1.165, 1.54) is 5.00 Å². The van der Waals surface area contributed by atoms with Gasteiger partial charge < -0.3 is 15.5 Å². The molecule has 0 bridgehead atoms. The molecule has 2 unspecified atom stereocenters. The van der Waals surface area contributed by atoms with Gasteiger partial charge in [-0.3, -0.25) is 4.79 Å². The molecule has 0 radical (unpaired) electrons. The zero-order valence-corrected chi connectivity index (χ0v) is 11.9. The van der Waals surface area contributed by atoms with E-state index < -0.39 is 0 Å². The van der Waals surface area contributed by atoms with Gasteiger partial charge >= 0.3 is 0 Å². The van der Waals surface area contributed by atoms with Crippen molar-refractivity contribution in [3.8, 4) is 0 Å². The fraction of sp³-hybridized carbons (Fsp3) is 0.643. The minimum atomic E-state index is 0.184. The Morgan fingerprint density at radius 1 is 1.26 bits per heavy atom. The summed E-state index contributed by atoms with van der Waals surface area (Å²) in [6, 6.07) is 4.47. The Kier molecular flexibility index (Phi) is 3.75. The van der Waals surface area contributed by atoms with E-state index in [0.717, 1.165) is 45.4 Å². The Labute approximate surface area is 118 Å². The number of rotatable bonds is 2. The van der Waals surface area contributed by atoms with Crippen molar-refractivity contribution in [2.24, 2.45) is 11.7 Å². The summed E-state index contributed by atoms with van der Waals surface area (Å²) >= 11 is 1.77. The van der Waals surface area contributed by atoms with Crippen LogP contribution in [0.5, 0.6) is 0 Å². The fourth-order valence-electron chi connectivity index (χ4n) is 3.10. The molecule has 4 nitrogen and oxygen atoms in total. The summed E-state index contributed by atoms with van der Waals surface area (Å²) in [5.41, 5.74) is 5.90. The summed E-state index contributed by atoms with van der Waals surface area (Å²) < 4.78 is 0. The van der Waals surface area contributed by atoms with E-state index in [1.807, 2.05) is 4.90 Å². The molecular weight excluding hydrogens is 258 g/mol. The highest BCUT2D eigenvalue weighted by atomic mass is 32.1. The third-order valence-corrected chi connectivity index (χ3v) is 5.16. The van der Waals surface area contributed by atoms with Crippen molar-refractivity contribution in [3.63, 3.8) is 0 Å². The normalized spacial score (nSPS) is 27.8. The second-order valence-corrected chi connectivity index (χ2v) is 6.46. The number of carbonyl (C=O) groups excluding carboxylic acids is 1. The number of amides is 1. The number of carbonyl (C=O) groups is 1. The molecule has 5 heteroatoms. The fourth-order valence-corrected chi connectivity index (χ4v) is 3.88. The van der Waals surface area contributed by atoms with Crippen molar-refractivity contribution in [2.75, 3.05) is 31.1 Å². The largest absolute Gasteiger partial charge is 0.360 e. The van der Waals surface area contributed by atoms with Gasteiger partial charge in [0.25, 0.3) is 0 Å². The van der Waals surface area contributed by atoms with Crippen molar-refractivity contribution in [3.05, 3.63) is 17.5 Å². The van der Waals surface area contributed by atoms with Crippen molar-refractivity contribution in [1.82, 2.24) is 4.90 Å². The second kappa shape index (κ2) is 5.51. The van der Waals surface area contributed by atoms with E-state index in [1.54, 1.807) is 11.3 Å². The van der Waals surface area contributed by atoms with Gasteiger partial charge in [0.15, 0.2) is 0 Å². The van der Waals surface area contributed by atoms with Crippen LogP contribution in [0.3, 0.4) is 0 Å². The first-order chi connectivity index (χ1) is 9.24. The molecule has 2 fully saturated rings. The molecule has 2 heterocycles. The molecule has 3 rings (SSSR count). The lowest BCUT2D eigenvalue weighted by Gasteiger charge is -2.36. The van der Waals surface area contributed by atoms with Crippen molar-refractivity contribution in [1.29, 1.82) is 0 Å². The molecule has 1 aromatic rings. The first-order valence-electron chi connectivity index (χ1n) is 7.07. The number of nitrogens with zero attached hydrogens (tertiary/aromatic N) is 2. The van der Waals surface area contributed by atoms with Gasteiger partial charge in [0.1, 0.15) is 0 Å². The van der Waals surface area contributed by atoms with Gasteiger partial charge in [-0.25, -0.2) is 0 Å². The summed E-state index contributed by atoms with van der Waals surface area (Å²) in [5.74, 6) is 0.516. The average Bonchev–Trinajstić information content (AvgIpc) is 3.09. The van der Waals surface area contributed by atoms with E-state index >= 15 is 0 Å². The molecule has 2 atom stereocenters. The van der Waals surface area contributed by atoms with Crippen LogP contribution in [0.1, 0.15) is 19.3 Å². The number of hydrogen-bond acceptors (Lipinski definition) is 4. The van der Waals surface area contributed by atoms with E-state index in [9.17, 15) is 4.79 Å². The van der Waals surface area contributed by atoms with Gasteiger partial charge in [-0.15, -0.1) is 11.3 Å². The average molecular weight is 279 g/mol. The Bertz CT molecular complexity index is 426.